The summed E-state index contributed by atoms with van der Waals surface area (Å²) >= 11 is 0. The Bertz CT molecular complexity index is 1090. The molecule has 0 fully saturated rings. The molecule has 0 aliphatic heterocycles. The molecule has 0 amide bonds. The summed E-state index contributed by atoms with van der Waals surface area (Å²) in [6, 6.07) is 18.2. The van der Waals surface area contributed by atoms with Crippen LogP contribution in [0.2, 0.25) is 0 Å². The standard InChI is InChI=1S/C8H7O3.2C8H7O2.3Y/c1-5-4-6(8(10)11)2-3-7(5)9;1-6-4-7(5-9)2-3-8(6)10;1-6-3-2-4-7(5-6)8(9)10;;;/h2,4,9H,1H3,(H,10,11);2,4-5,10H,1H3;3-5H,1H3,(H,9,10);;;/q3*-1;;;. The van der Waals surface area contributed by atoms with E-state index in [4.69, 9.17) is 20.4 Å². The van der Waals surface area contributed by atoms with Gasteiger partial charge in [-0.05, 0) is 0 Å². The number of carbonyl (C=O) groups is 3. The number of benzene rings is 3. The molecule has 0 atom stereocenters. The number of carbonyl (C=O) groups excluding carboxylic acids is 1. The number of aromatic hydroxyl groups is 2. The van der Waals surface area contributed by atoms with Crippen molar-refractivity contribution >= 4 is 18.2 Å². The van der Waals surface area contributed by atoms with Crippen molar-refractivity contribution in [3.63, 3.8) is 0 Å². The molecule has 0 aliphatic carbocycles. The van der Waals surface area contributed by atoms with Crippen molar-refractivity contribution < 1.29 is 133 Å². The molecule has 0 saturated carbocycles. The van der Waals surface area contributed by atoms with Crippen molar-refractivity contribution in [2.45, 2.75) is 20.8 Å². The fraction of sp³-hybridized carbons (Fsp3) is 0.125. The van der Waals surface area contributed by atoms with E-state index in [0.29, 0.717) is 22.3 Å². The average molecular weight is 688 g/mol. The second-order valence-corrected chi connectivity index (χ2v) is 6.41. The van der Waals surface area contributed by atoms with E-state index in [2.05, 4.69) is 18.2 Å². The normalized spacial score (nSPS) is 8.56. The molecule has 3 rings (SSSR count). The van der Waals surface area contributed by atoms with E-state index in [-0.39, 0.29) is 115 Å². The van der Waals surface area contributed by atoms with Crippen LogP contribution in [-0.4, -0.2) is 38.7 Å². The number of carboxylic acids is 2. The maximum absolute atomic E-state index is 10.4. The Hall–Kier alpha value is -0.818. The van der Waals surface area contributed by atoms with Crippen LogP contribution in [0.4, 0.5) is 0 Å². The molecule has 0 saturated heterocycles. The van der Waals surface area contributed by atoms with E-state index in [1.807, 2.05) is 6.92 Å². The van der Waals surface area contributed by atoms with Crippen molar-refractivity contribution in [2.75, 3.05) is 0 Å². The van der Waals surface area contributed by atoms with Gasteiger partial charge in [0.15, 0.2) is 0 Å². The Labute approximate surface area is 274 Å². The summed E-state index contributed by atoms with van der Waals surface area (Å²) < 4.78 is 0. The molecule has 171 valence electrons. The molecule has 34 heavy (non-hydrogen) atoms. The molecule has 0 spiro atoms. The molecule has 0 aromatic heterocycles. The molecule has 7 nitrogen and oxygen atoms in total. The third-order valence-electron chi connectivity index (χ3n) is 3.81. The second kappa shape index (κ2) is 19.4. The molecular formula is C24H21O7Y3-3. The van der Waals surface area contributed by atoms with Gasteiger partial charge in [0, 0.05) is 110 Å². The Morgan fingerprint density at radius 3 is 1.59 bits per heavy atom. The number of hydrogen-bond acceptors (Lipinski definition) is 5. The van der Waals surface area contributed by atoms with Gasteiger partial charge in [-0.15, -0.1) is 23.3 Å². The average Bonchev–Trinajstić information content (AvgIpc) is 2.73. The van der Waals surface area contributed by atoms with E-state index >= 15 is 0 Å². The van der Waals surface area contributed by atoms with Crippen molar-refractivity contribution in [2.24, 2.45) is 0 Å². The zero-order valence-electron chi connectivity index (χ0n) is 18.9. The van der Waals surface area contributed by atoms with Crippen LogP contribution in [0.25, 0.3) is 0 Å². The summed E-state index contributed by atoms with van der Waals surface area (Å²) in [6.07, 6.45) is 0.725. The minimum atomic E-state index is -1.01. The van der Waals surface area contributed by atoms with Gasteiger partial charge in [-0.2, -0.15) is 54.1 Å². The van der Waals surface area contributed by atoms with Crippen molar-refractivity contribution in [1.29, 1.82) is 0 Å². The van der Waals surface area contributed by atoms with Crippen LogP contribution in [0.5, 0.6) is 11.5 Å². The molecule has 4 N–H and O–H groups in total. The van der Waals surface area contributed by atoms with Gasteiger partial charge in [0.25, 0.3) is 11.9 Å². The van der Waals surface area contributed by atoms with Crippen molar-refractivity contribution in [3.8, 4) is 11.5 Å². The molecule has 3 aromatic carbocycles. The number of hydrogen-bond donors (Lipinski definition) is 4. The predicted octanol–water partition coefficient (Wildman–Crippen LogP) is 4.00. The van der Waals surface area contributed by atoms with Crippen LogP contribution in [-0.2, 0) is 98.1 Å². The second-order valence-electron chi connectivity index (χ2n) is 6.41. The number of carboxylic acid groups (broad SMARTS) is 2. The van der Waals surface area contributed by atoms with Gasteiger partial charge < -0.3 is 25.2 Å². The topological polar surface area (TPSA) is 132 Å². The van der Waals surface area contributed by atoms with E-state index in [9.17, 15) is 14.4 Å². The fourth-order valence-corrected chi connectivity index (χ4v) is 2.14. The van der Waals surface area contributed by atoms with Gasteiger partial charge in [-0.1, -0.05) is 37.5 Å². The quantitative estimate of drug-likeness (QED) is 0.242. The first kappa shape index (κ1) is 37.7. The SMILES string of the molecule is Cc1c[c-]cc(C(=O)O)c1.Cc1cc(C(=O)O)c[c-]c1O.Cc1cc(C=O)c[c-]c1O.[Y].[Y].[Y]. The van der Waals surface area contributed by atoms with Gasteiger partial charge in [-0.25, -0.2) is 0 Å². The molecule has 0 unspecified atom stereocenters. The molecule has 0 bridgehead atoms. The zero-order valence-corrected chi connectivity index (χ0v) is 27.4. The molecule has 10 heteroatoms. The number of phenols is 2. The summed E-state index contributed by atoms with van der Waals surface area (Å²) in [6.45, 7) is 5.18. The number of rotatable bonds is 3. The Balaban J connectivity index is -0.000000407. The van der Waals surface area contributed by atoms with Gasteiger partial charge in [0.1, 0.15) is 0 Å². The van der Waals surface area contributed by atoms with Crippen LogP contribution < -0.4 is 0 Å². The van der Waals surface area contributed by atoms with Gasteiger partial charge in [0.05, 0.1) is 6.29 Å². The summed E-state index contributed by atoms with van der Waals surface area (Å²) in [7, 11) is 0. The Kier molecular flexibility index (Phi) is 21.5. The van der Waals surface area contributed by atoms with Gasteiger partial charge >= 0.3 is 0 Å². The predicted molar refractivity (Wildman–Crippen MR) is 113 cm³/mol. The summed E-state index contributed by atoms with van der Waals surface area (Å²) in [5.41, 5.74) is 3.07. The van der Waals surface area contributed by atoms with Crippen molar-refractivity contribution in [1.82, 2.24) is 0 Å². The minimum absolute atomic E-state index is 0. The van der Waals surface area contributed by atoms with Crippen molar-refractivity contribution in [3.05, 3.63) is 94.0 Å². The van der Waals surface area contributed by atoms with Crippen LogP contribution in [0.1, 0.15) is 47.8 Å². The first-order chi connectivity index (χ1) is 14.5. The number of aromatic carboxylic acids is 2. The Morgan fingerprint density at radius 1 is 0.735 bits per heavy atom. The molecule has 3 radical (unpaired) electrons. The van der Waals surface area contributed by atoms with Gasteiger partial charge in [-0.3, -0.25) is 9.59 Å². The van der Waals surface area contributed by atoms with Crippen LogP contribution in [0.3, 0.4) is 0 Å². The summed E-state index contributed by atoms with van der Waals surface area (Å²) in [5.74, 6) is -1.81. The summed E-state index contributed by atoms with van der Waals surface area (Å²) in [5, 5.41) is 34.9. The largest absolute Gasteiger partial charge is 0.534 e. The smallest absolute Gasteiger partial charge is 0.278 e. The van der Waals surface area contributed by atoms with E-state index in [1.54, 1.807) is 32.0 Å². The minimum Gasteiger partial charge on any atom is -0.534 e. The van der Waals surface area contributed by atoms with E-state index in [1.165, 1.54) is 24.3 Å². The first-order valence-electron chi connectivity index (χ1n) is 8.87. The molecule has 0 heterocycles. The van der Waals surface area contributed by atoms with Crippen LogP contribution in [0, 0.1) is 39.0 Å². The molecule has 0 aliphatic rings. The maximum Gasteiger partial charge on any atom is 0.278 e. The number of aldehydes is 1. The third-order valence-corrected chi connectivity index (χ3v) is 3.81. The monoisotopic (exact) mass is 688 g/mol. The summed E-state index contributed by atoms with van der Waals surface area (Å²) in [4.78, 5) is 30.9. The van der Waals surface area contributed by atoms with E-state index < -0.39 is 11.9 Å². The maximum atomic E-state index is 10.4. The van der Waals surface area contributed by atoms with Crippen LogP contribution in [0.15, 0.2) is 42.5 Å². The fourth-order valence-electron chi connectivity index (χ4n) is 2.14. The van der Waals surface area contributed by atoms with Gasteiger partial charge in [0.2, 0.25) is 0 Å². The zero-order chi connectivity index (χ0) is 23.6. The molecular weight excluding hydrogens is 667 g/mol. The Morgan fingerprint density at radius 2 is 1.21 bits per heavy atom. The van der Waals surface area contributed by atoms with E-state index in [0.717, 1.165) is 11.8 Å². The number of aryl methyl sites for hydroxylation is 3. The molecule has 3 aromatic rings. The van der Waals surface area contributed by atoms with Crippen LogP contribution >= 0.6 is 0 Å². The number of phenolic OH excluding ortho intramolecular Hbond substituents is 2. The third kappa shape index (κ3) is 13.9. The first-order valence-corrected chi connectivity index (χ1v) is 8.87.